The highest BCUT2D eigenvalue weighted by molar-refractivity contribution is 5.85. The molecule has 0 fully saturated rings. The van der Waals surface area contributed by atoms with Crippen molar-refractivity contribution in [1.29, 1.82) is 0 Å². The van der Waals surface area contributed by atoms with Gasteiger partial charge in [0.15, 0.2) is 5.69 Å². The third-order valence-corrected chi connectivity index (χ3v) is 3.08. The molecular weight excluding hydrogens is 246 g/mol. The van der Waals surface area contributed by atoms with Crippen LogP contribution < -0.4 is 0 Å². The van der Waals surface area contributed by atoms with Gasteiger partial charge in [-0.2, -0.15) is 4.98 Å². The van der Waals surface area contributed by atoms with Gasteiger partial charge in [0.25, 0.3) is 0 Å². The zero-order valence-corrected chi connectivity index (χ0v) is 10.4. The SMILES string of the molecule is Cc1cc2ncn(-c3nc(C(=O)O)co3)c2cc1C. The van der Waals surface area contributed by atoms with Crippen LogP contribution in [0.25, 0.3) is 17.0 Å². The second-order valence-corrected chi connectivity index (χ2v) is 4.36. The van der Waals surface area contributed by atoms with Gasteiger partial charge in [-0.25, -0.2) is 9.78 Å². The van der Waals surface area contributed by atoms with Gasteiger partial charge < -0.3 is 9.52 Å². The molecule has 0 radical (unpaired) electrons. The third kappa shape index (κ3) is 1.77. The Morgan fingerprint density at radius 1 is 1.32 bits per heavy atom. The monoisotopic (exact) mass is 257 g/mol. The van der Waals surface area contributed by atoms with E-state index in [-0.39, 0.29) is 11.7 Å². The topological polar surface area (TPSA) is 81.2 Å². The Labute approximate surface area is 108 Å². The van der Waals surface area contributed by atoms with Crippen LogP contribution in [0.4, 0.5) is 0 Å². The lowest BCUT2D eigenvalue weighted by Crippen LogP contribution is -1.98. The lowest BCUT2D eigenvalue weighted by molar-refractivity contribution is 0.0690. The van der Waals surface area contributed by atoms with Gasteiger partial charge in [0.05, 0.1) is 11.0 Å². The van der Waals surface area contributed by atoms with Crippen LogP contribution in [0, 0.1) is 13.8 Å². The molecule has 0 atom stereocenters. The lowest BCUT2D eigenvalue weighted by Gasteiger charge is -2.01. The first-order valence-corrected chi connectivity index (χ1v) is 5.70. The van der Waals surface area contributed by atoms with E-state index in [1.165, 1.54) is 0 Å². The van der Waals surface area contributed by atoms with E-state index in [9.17, 15) is 4.79 Å². The second kappa shape index (κ2) is 3.94. The number of oxazole rings is 1. The molecule has 0 aliphatic heterocycles. The van der Waals surface area contributed by atoms with Gasteiger partial charge in [0.2, 0.25) is 0 Å². The molecule has 0 saturated carbocycles. The van der Waals surface area contributed by atoms with Crippen LogP contribution in [0.5, 0.6) is 0 Å². The zero-order chi connectivity index (χ0) is 13.6. The summed E-state index contributed by atoms with van der Waals surface area (Å²) >= 11 is 0. The maximum atomic E-state index is 10.8. The van der Waals surface area contributed by atoms with E-state index < -0.39 is 5.97 Å². The molecule has 0 saturated heterocycles. The number of fused-ring (bicyclic) bond motifs is 1. The van der Waals surface area contributed by atoms with Gasteiger partial charge in [-0.15, -0.1) is 0 Å². The van der Waals surface area contributed by atoms with Crippen LogP contribution in [0.3, 0.4) is 0 Å². The quantitative estimate of drug-likeness (QED) is 0.762. The first-order valence-electron chi connectivity index (χ1n) is 5.70. The number of hydrogen-bond acceptors (Lipinski definition) is 4. The average molecular weight is 257 g/mol. The van der Waals surface area contributed by atoms with Gasteiger partial charge >= 0.3 is 12.0 Å². The molecule has 0 spiro atoms. The summed E-state index contributed by atoms with van der Waals surface area (Å²) in [6, 6.07) is 4.15. The average Bonchev–Trinajstić information content (AvgIpc) is 2.96. The van der Waals surface area contributed by atoms with Crippen LogP contribution in [0.2, 0.25) is 0 Å². The largest absolute Gasteiger partial charge is 0.476 e. The van der Waals surface area contributed by atoms with Crippen LogP contribution in [-0.2, 0) is 0 Å². The van der Waals surface area contributed by atoms with Gasteiger partial charge in [0, 0.05) is 0 Å². The number of hydrogen-bond donors (Lipinski definition) is 1. The van der Waals surface area contributed by atoms with E-state index in [1.54, 1.807) is 10.9 Å². The van der Waals surface area contributed by atoms with Crippen molar-refractivity contribution >= 4 is 17.0 Å². The number of carboxylic acids is 1. The molecule has 2 aromatic heterocycles. The third-order valence-electron chi connectivity index (χ3n) is 3.08. The molecule has 3 rings (SSSR count). The Morgan fingerprint density at radius 3 is 2.74 bits per heavy atom. The predicted molar refractivity (Wildman–Crippen MR) is 67.6 cm³/mol. The fourth-order valence-corrected chi connectivity index (χ4v) is 1.89. The Morgan fingerprint density at radius 2 is 2.05 bits per heavy atom. The summed E-state index contributed by atoms with van der Waals surface area (Å²) in [5, 5.41) is 8.84. The minimum Gasteiger partial charge on any atom is -0.476 e. The number of imidazole rings is 1. The first-order chi connectivity index (χ1) is 9.06. The van der Waals surface area contributed by atoms with Crippen LogP contribution >= 0.6 is 0 Å². The molecule has 0 unspecified atom stereocenters. The first kappa shape index (κ1) is 11.5. The highest BCUT2D eigenvalue weighted by Gasteiger charge is 2.14. The minimum atomic E-state index is -1.12. The molecule has 0 amide bonds. The molecule has 1 N–H and O–H groups in total. The van der Waals surface area contributed by atoms with Crippen molar-refractivity contribution in [1.82, 2.24) is 14.5 Å². The number of carbonyl (C=O) groups is 1. The van der Waals surface area contributed by atoms with Crippen molar-refractivity contribution < 1.29 is 14.3 Å². The second-order valence-electron chi connectivity index (χ2n) is 4.36. The van der Waals surface area contributed by atoms with Gasteiger partial charge in [-0.3, -0.25) is 4.57 Å². The summed E-state index contributed by atoms with van der Waals surface area (Å²) in [5.74, 6) is -1.12. The highest BCUT2D eigenvalue weighted by Crippen LogP contribution is 2.21. The van der Waals surface area contributed by atoms with Crippen molar-refractivity contribution in [3.05, 3.63) is 41.5 Å². The summed E-state index contributed by atoms with van der Waals surface area (Å²) < 4.78 is 6.81. The van der Waals surface area contributed by atoms with E-state index in [0.717, 1.165) is 28.4 Å². The predicted octanol–water partition coefficient (Wildman–Crippen LogP) is 2.33. The number of benzene rings is 1. The maximum absolute atomic E-state index is 10.8. The van der Waals surface area contributed by atoms with E-state index in [0.29, 0.717) is 0 Å². The Bertz CT molecular complexity index is 786. The fourth-order valence-electron chi connectivity index (χ4n) is 1.89. The molecule has 6 heteroatoms. The van der Waals surface area contributed by atoms with Gasteiger partial charge in [-0.05, 0) is 37.1 Å². The van der Waals surface area contributed by atoms with Crippen molar-refractivity contribution in [2.45, 2.75) is 13.8 Å². The van der Waals surface area contributed by atoms with Crippen molar-refractivity contribution in [2.75, 3.05) is 0 Å². The summed E-state index contributed by atoms with van der Waals surface area (Å²) in [7, 11) is 0. The molecule has 0 bridgehead atoms. The maximum Gasteiger partial charge on any atom is 0.357 e. The zero-order valence-electron chi connectivity index (χ0n) is 10.4. The molecule has 0 aliphatic carbocycles. The molecule has 19 heavy (non-hydrogen) atoms. The summed E-state index contributed by atoms with van der Waals surface area (Å²) in [4.78, 5) is 19.0. The van der Waals surface area contributed by atoms with E-state index in [4.69, 9.17) is 9.52 Å². The molecule has 2 heterocycles. The van der Waals surface area contributed by atoms with E-state index in [1.807, 2.05) is 26.0 Å². The van der Waals surface area contributed by atoms with Crippen molar-refractivity contribution in [3.8, 4) is 6.01 Å². The molecule has 96 valence electrons. The smallest absolute Gasteiger partial charge is 0.357 e. The van der Waals surface area contributed by atoms with Gasteiger partial charge in [-0.1, -0.05) is 0 Å². The van der Waals surface area contributed by atoms with E-state index >= 15 is 0 Å². The summed E-state index contributed by atoms with van der Waals surface area (Å²) in [6.45, 7) is 4.02. The Kier molecular flexibility index (Phi) is 2.38. The fraction of sp³-hybridized carbons (Fsp3) is 0.154. The number of carboxylic acid groups (broad SMARTS) is 1. The van der Waals surface area contributed by atoms with Crippen LogP contribution in [0.15, 0.2) is 29.1 Å². The molecular formula is C13H11N3O3. The lowest BCUT2D eigenvalue weighted by atomic mass is 10.1. The van der Waals surface area contributed by atoms with Crippen LogP contribution in [-0.4, -0.2) is 25.6 Å². The molecule has 0 aliphatic rings. The summed E-state index contributed by atoms with van der Waals surface area (Å²) in [5.41, 5.74) is 3.80. The van der Waals surface area contributed by atoms with Crippen molar-refractivity contribution in [3.63, 3.8) is 0 Å². The number of aromatic carboxylic acids is 1. The highest BCUT2D eigenvalue weighted by atomic mass is 16.4. The van der Waals surface area contributed by atoms with Gasteiger partial charge in [0.1, 0.15) is 12.6 Å². The number of aromatic nitrogens is 3. The Balaban J connectivity index is 2.19. The Hall–Kier alpha value is -2.63. The number of rotatable bonds is 2. The normalized spacial score (nSPS) is 11.1. The molecule has 6 nitrogen and oxygen atoms in total. The summed E-state index contributed by atoms with van der Waals surface area (Å²) in [6.07, 6.45) is 2.69. The van der Waals surface area contributed by atoms with Crippen LogP contribution in [0.1, 0.15) is 21.6 Å². The minimum absolute atomic E-state index is 0.124. The standard InChI is InChI=1S/C13H11N3O3/c1-7-3-9-11(4-8(7)2)16(6-14-9)13-15-10(5-19-13)12(17)18/h3-6H,1-2H3,(H,17,18). The van der Waals surface area contributed by atoms with Crippen molar-refractivity contribution in [2.24, 2.45) is 0 Å². The van der Waals surface area contributed by atoms with E-state index in [2.05, 4.69) is 9.97 Å². The molecule has 3 aromatic rings. The molecule has 1 aromatic carbocycles. The number of aryl methyl sites for hydroxylation is 2. The number of nitrogens with zero attached hydrogens (tertiary/aromatic N) is 3.